The number of hydrogen-bond donors (Lipinski definition) is 2. The molecule has 2 aliphatic heterocycles. The lowest BCUT2D eigenvalue weighted by Crippen LogP contribution is -2.51. The zero-order valence-electron chi connectivity index (χ0n) is 27.0. The van der Waals surface area contributed by atoms with E-state index < -0.39 is 26.8 Å². The highest BCUT2D eigenvalue weighted by molar-refractivity contribution is 7.90. The van der Waals surface area contributed by atoms with Crippen LogP contribution in [0.5, 0.6) is 5.75 Å². The molecular weight excluding hydrogens is 654 g/mol. The van der Waals surface area contributed by atoms with Crippen LogP contribution in [0.2, 0.25) is 5.02 Å². The van der Waals surface area contributed by atoms with Gasteiger partial charge in [-0.1, -0.05) is 36.7 Å². The van der Waals surface area contributed by atoms with Crippen molar-refractivity contribution in [3.8, 4) is 5.75 Å². The highest BCUT2D eigenvalue weighted by atomic mass is 35.5. The predicted octanol–water partition coefficient (Wildman–Crippen LogP) is 6.54. The minimum atomic E-state index is -3.99. The van der Waals surface area contributed by atoms with Gasteiger partial charge >= 0.3 is 0 Å². The summed E-state index contributed by atoms with van der Waals surface area (Å²) in [5.74, 6) is -0.238. The second kappa shape index (κ2) is 12.2. The molecule has 2 bridgehead atoms. The predicted molar refractivity (Wildman–Crippen MR) is 186 cm³/mol. The third-order valence-corrected chi connectivity index (χ3v) is 14.1. The van der Waals surface area contributed by atoms with E-state index >= 15 is 0 Å². The summed E-state index contributed by atoms with van der Waals surface area (Å²) in [6.45, 7) is 7.18. The molecule has 0 unspecified atom stereocenters. The molecule has 2 aromatic carbocycles. The Labute approximate surface area is 286 Å². The van der Waals surface area contributed by atoms with E-state index in [0.717, 1.165) is 47.8 Å². The quantitative estimate of drug-likeness (QED) is 0.279. The number of allylic oxidation sites excluding steroid dienone is 1. The standard InChI is InChI=1S/C36H42ClN3O5S2/c1-22-6-4-15-36(42,33-19-46-24(3)38-33)30-11-8-27(30)18-40-20-35(14-5-7-25-16-28(37)10-12-29(25)35)21-45-32-13-9-26(17-31(32)40)34(41)39-47(43,44)23(22)2/h4,9-10,12-13,15-17,19,22-23,27,30,42H,5-8,11,14,18,20-21H2,1-3H3,(H,39,41)/b15-4+/t22-,23+,27-,30+,35-,36-/m0/s1. The molecule has 2 N–H and O–H groups in total. The number of halogens is 1. The van der Waals surface area contributed by atoms with Crippen LogP contribution in [0.25, 0.3) is 0 Å². The van der Waals surface area contributed by atoms with Crippen molar-refractivity contribution in [1.29, 1.82) is 0 Å². The van der Waals surface area contributed by atoms with Gasteiger partial charge in [0.15, 0.2) is 0 Å². The molecule has 2 aliphatic carbocycles. The van der Waals surface area contributed by atoms with E-state index in [1.165, 1.54) is 22.5 Å². The first-order chi connectivity index (χ1) is 22.4. The van der Waals surface area contributed by atoms with Gasteiger partial charge in [0.05, 0.1) is 28.2 Å². The van der Waals surface area contributed by atoms with Crippen molar-refractivity contribution in [3.05, 3.63) is 86.3 Å². The summed E-state index contributed by atoms with van der Waals surface area (Å²) in [7, 11) is -3.99. The average Bonchev–Trinajstić information content (AvgIpc) is 3.40. The lowest BCUT2D eigenvalue weighted by atomic mass is 9.63. The molecule has 47 heavy (non-hydrogen) atoms. The van der Waals surface area contributed by atoms with Gasteiger partial charge in [-0.15, -0.1) is 11.3 Å². The highest BCUT2D eigenvalue weighted by Gasteiger charge is 2.49. The Morgan fingerprint density at radius 3 is 2.74 bits per heavy atom. The Balaban J connectivity index is 1.35. The fraction of sp³-hybridized carbons (Fsp3) is 0.500. The monoisotopic (exact) mass is 695 g/mol. The van der Waals surface area contributed by atoms with Crippen molar-refractivity contribution in [2.24, 2.45) is 17.8 Å². The molecule has 1 spiro atoms. The molecule has 3 aromatic rings. The summed E-state index contributed by atoms with van der Waals surface area (Å²) < 4.78 is 35.7. The number of hydrogen-bond acceptors (Lipinski definition) is 8. The maximum Gasteiger partial charge on any atom is 0.264 e. The molecule has 1 saturated carbocycles. The van der Waals surface area contributed by atoms with E-state index in [4.69, 9.17) is 21.3 Å². The summed E-state index contributed by atoms with van der Waals surface area (Å²) >= 11 is 7.96. The fourth-order valence-corrected chi connectivity index (χ4v) is 10.2. The number of aromatic nitrogens is 1. The topological polar surface area (TPSA) is 109 Å². The molecule has 0 saturated heterocycles. The SMILES string of the molecule is Cc1nc([C@]2(O)/C=C/C[C@H](C)[C@@H](C)S(=O)(=O)NC(=O)c3ccc4c(c3)N(C[C@@H]3CC[C@H]32)C[C@@]2(CCCc3cc(Cl)ccc32)CO4)cs1. The Hall–Kier alpha value is -2.92. The minimum Gasteiger partial charge on any atom is -0.490 e. The average molecular weight is 696 g/mol. The fourth-order valence-electron chi connectivity index (χ4n) is 8.09. The molecule has 6 atom stereocenters. The summed E-state index contributed by atoms with van der Waals surface area (Å²) in [5, 5.41) is 15.2. The van der Waals surface area contributed by atoms with Crippen LogP contribution in [0, 0.1) is 24.7 Å². The van der Waals surface area contributed by atoms with E-state index in [1.807, 2.05) is 37.4 Å². The van der Waals surface area contributed by atoms with Crippen molar-refractivity contribution in [2.45, 2.75) is 75.6 Å². The van der Waals surface area contributed by atoms with Gasteiger partial charge < -0.3 is 14.7 Å². The number of carbonyl (C=O) groups excluding carboxylic acids is 1. The molecule has 8 nitrogen and oxygen atoms in total. The van der Waals surface area contributed by atoms with Crippen LogP contribution in [-0.2, 0) is 27.5 Å². The Morgan fingerprint density at radius 1 is 1.17 bits per heavy atom. The first-order valence-corrected chi connectivity index (χ1v) is 19.4. The van der Waals surface area contributed by atoms with Gasteiger partial charge in [0.1, 0.15) is 11.4 Å². The van der Waals surface area contributed by atoms with Gasteiger partial charge in [0.25, 0.3) is 5.91 Å². The summed E-state index contributed by atoms with van der Waals surface area (Å²) in [5.41, 5.74) is 2.54. The van der Waals surface area contributed by atoms with Gasteiger partial charge in [-0.2, -0.15) is 0 Å². The zero-order valence-corrected chi connectivity index (χ0v) is 29.4. The van der Waals surface area contributed by atoms with Crippen molar-refractivity contribution >= 4 is 44.6 Å². The van der Waals surface area contributed by atoms with Crippen molar-refractivity contribution in [1.82, 2.24) is 9.71 Å². The lowest BCUT2D eigenvalue weighted by molar-refractivity contribution is -0.0526. The number of nitrogens with zero attached hydrogens (tertiary/aromatic N) is 2. The van der Waals surface area contributed by atoms with Crippen LogP contribution in [0.4, 0.5) is 5.69 Å². The second-order valence-electron chi connectivity index (χ2n) is 14.1. The molecule has 250 valence electrons. The van der Waals surface area contributed by atoms with E-state index in [2.05, 4.69) is 21.8 Å². The van der Waals surface area contributed by atoms with E-state index in [9.17, 15) is 18.3 Å². The first kappa shape index (κ1) is 32.6. The molecule has 3 heterocycles. The van der Waals surface area contributed by atoms with Crippen LogP contribution < -0.4 is 14.4 Å². The van der Waals surface area contributed by atoms with Gasteiger partial charge in [-0.05, 0) is 106 Å². The zero-order chi connectivity index (χ0) is 33.1. The number of fused-ring (bicyclic) bond motifs is 4. The number of anilines is 1. The highest BCUT2D eigenvalue weighted by Crippen LogP contribution is 2.51. The van der Waals surface area contributed by atoms with Crippen LogP contribution >= 0.6 is 22.9 Å². The molecule has 0 radical (unpaired) electrons. The van der Waals surface area contributed by atoms with E-state index in [0.29, 0.717) is 37.6 Å². The Morgan fingerprint density at radius 2 is 2.00 bits per heavy atom. The van der Waals surface area contributed by atoms with Gasteiger partial charge in [-0.3, -0.25) is 4.79 Å². The summed E-state index contributed by atoms with van der Waals surface area (Å²) in [4.78, 5) is 20.6. The molecule has 7 rings (SSSR count). The molecular formula is C36H42ClN3O5S2. The number of ether oxygens (including phenoxy) is 1. The number of aliphatic hydroxyl groups is 1. The molecule has 4 aliphatic rings. The number of benzene rings is 2. The van der Waals surface area contributed by atoms with Crippen LogP contribution in [0.15, 0.2) is 53.9 Å². The molecule has 1 fully saturated rings. The Kier molecular flexibility index (Phi) is 8.47. The van der Waals surface area contributed by atoms with Crippen LogP contribution in [-0.4, -0.2) is 49.4 Å². The summed E-state index contributed by atoms with van der Waals surface area (Å²) in [6.07, 6.45) is 8.85. The largest absolute Gasteiger partial charge is 0.490 e. The smallest absolute Gasteiger partial charge is 0.264 e. The first-order valence-electron chi connectivity index (χ1n) is 16.6. The third-order valence-electron chi connectivity index (χ3n) is 11.2. The van der Waals surface area contributed by atoms with E-state index in [-0.39, 0.29) is 28.7 Å². The number of carbonyl (C=O) groups is 1. The number of thiazole rings is 1. The van der Waals surface area contributed by atoms with Crippen LogP contribution in [0.3, 0.4) is 0 Å². The number of nitrogens with one attached hydrogen (secondary N) is 1. The van der Waals surface area contributed by atoms with Crippen molar-refractivity contribution in [3.63, 3.8) is 0 Å². The van der Waals surface area contributed by atoms with Crippen molar-refractivity contribution < 1.29 is 23.1 Å². The molecule has 1 aromatic heterocycles. The van der Waals surface area contributed by atoms with Gasteiger partial charge in [0.2, 0.25) is 10.0 Å². The molecule has 11 heteroatoms. The number of aryl methyl sites for hydroxylation is 2. The van der Waals surface area contributed by atoms with Gasteiger partial charge in [-0.25, -0.2) is 18.1 Å². The lowest BCUT2D eigenvalue weighted by Gasteiger charge is -2.48. The number of sulfonamides is 1. The Bertz CT molecular complexity index is 1840. The minimum absolute atomic E-state index is 0.0860. The maximum absolute atomic E-state index is 13.5. The third kappa shape index (κ3) is 5.89. The van der Waals surface area contributed by atoms with Crippen LogP contribution in [0.1, 0.15) is 78.1 Å². The normalized spacial score (nSPS) is 32.6. The number of rotatable bonds is 1. The maximum atomic E-state index is 13.5. The van der Waals surface area contributed by atoms with Gasteiger partial charge in [0, 0.05) is 40.4 Å². The second-order valence-corrected chi connectivity index (χ2v) is 17.6. The number of amides is 1. The summed E-state index contributed by atoms with van der Waals surface area (Å²) in [6, 6.07) is 11.4. The van der Waals surface area contributed by atoms with E-state index in [1.54, 1.807) is 25.1 Å². The molecule has 1 amide bonds. The van der Waals surface area contributed by atoms with Crippen molar-refractivity contribution in [2.75, 3.05) is 24.6 Å².